The second-order valence-electron chi connectivity index (χ2n) is 6.21. The summed E-state index contributed by atoms with van der Waals surface area (Å²) in [5.74, 6) is 1.30. The molecule has 0 fully saturated rings. The molecule has 2 aromatic rings. The predicted molar refractivity (Wildman–Crippen MR) is 109 cm³/mol. The Hall–Kier alpha value is -3.22. The zero-order valence-electron chi connectivity index (χ0n) is 16.9. The Kier molecular flexibility index (Phi) is 7.26. The Morgan fingerprint density at radius 2 is 1.68 bits per heavy atom. The molecule has 7 nitrogen and oxygen atoms in total. The van der Waals surface area contributed by atoms with Gasteiger partial charge in [0, 0.05) is 26.0 Å². The number of carbonyl (C=O) groups is 2. The Balaban J connectivity index is 2.12. The van der Waals surface area contributed by atoms with Gasteiger partial charge in [-0.2, -0.15) is 0 Å². The Bertz CT molecular complexity index is 851. The molecule has 0 unspecified atom stereocenters. The maximum Gasteiger partial charge on any atom is 0.226 e. The van der Waals surface area contributed by atoms with E-state index in [4.69, 9.17) is 14.2 Å². The summed E-state index contributed by atoms with van der Waals surface area (Å²) < 4.78 is 15.8. The van der Waals surface area contributed by atoms with Gasteiger partial charge in [-0.15, -0.1) is 0 Å². The maximum absolute atomic E-state index is 12.4. The summed E-state index contributed by atoms with van der Waals surface area (Å²) in [6.45, 7) is 3.62. The second-order valence-corrected chi connectivity index (χ2v) is 6.21. The number of hydrogen-bond donors (Lipinski definition) is 1. The first-order chi connectivity index (χ1) is 13.4. The van der Waals surface area contributed by atoms with E-state index >= 15 is 0 Å². The largest absolute Gasteiger partial charge is 0.497 e. The van der Waals surface area contributed by atoms with Gasteiger partial charge in [-0.3, -0.25) is 9.59 Å². The number of nitrogens with zero attached hydrogens (tertiary/aromatic N) is 1. The average Bonchev–Trinajstić information content (AvgIpc) is 2.68. The molecule has 150 valence electrons. The van der Waals surface area contributed by atoms with Gasteiger partial charge in [0.1, 0.15) is 17.2 Å². The van der Waals surface area contributed by atoms with E-state index in [1.54, 1.807) is 32.4 Å². The van der Waals surface area contributed by atoms with Gasteiger partial charge in [-0.25, -0.2) is 0 Å². The zero-order chi connectivity index (χ0) is 20.7. The van der Waals surface area contributed by atoms with Crippen molar-refractivity contribution in [2.75, 3.05) is 38.1 Å². The van der Waals surface area contributed by atoms with Crippen LogP contribution in [0.1, 0.15) is 18.9 Å². The summed E-state index contributed by atoms with van der Waals surface area (Å²) in [6.07, 6.45) is 0.117. The first-order valence-corrected chi connectivity index (χ1v) is 8.84. The van der Waals surface area contributed by atoms with Crippen molar-refractivity contribution in [3.63, 3.8) is 0 Å². The number of hydrogen-bond acceptors (Lipinski definition) is 5. The molecule has 0 radical (unpaired) electrons. The fourth-order valence-electron chi connectivity index (χ4n) is 2.79. The molecule has 0 aliphatic carbocycles. The lowest BCUT2D eigenvalue weighted by Crippen LogP contribution is -2.32. The zero-order valence-corrected chi connectivity index (χ0v) is 16.9. The molecule has 1 N–H and O–H groups in total. The summed E-state index contributed by atoms with van der Waals surface area (Å²) in [7, 11) is 4.63. The Morgan fingerprint density at radius 1 is 0.964 bits per heavy atom. The normalized spacial score (nSPS) is 10.2. The fourth-order valence-corrected chi connectivity index (χ4v) is 2.79. The van der Waals surface area contributed by atoms with Crippen molar-refractivity contribution < 1.29 is 23.8 Å². The van der Waals surface area contributed by atoms with Crippen LogP contribution in [0.15, 0.2) is 36.4 Å². The summed E-state index contributed by atoms with van der Waals surface area (Å²) in [6, 6.07) is 10.7. The van der Waals surface area contributed by atoms with E-state index in [-0.39, 0.29) is 24.8 Å². The van der Waals surface area contributed by atoms with E-state index in [9.17, 15) is 9.59 Å². The Morgan fingerprint density at radius 3 is 2.29 bits per heavy atom. The topological polar surface area (TPSA) is 77.1 Å². The number of rotatable bonds is 8. The minimum Gasteiger partial charge on any atom is -0.497 e. The number of anilines is 2. The van der Waals surface area contributed by atoms with E-state index in [1.165, 1.54) is 18.9 Å². The molecule has 0 saturated heterocycles. The number of aryl methyl sites for hydroxylation is 1. The minimum absolute atomic E-state index is 0.117. The van der Waals surface area contributed by atoms with Crippen LogP contribution in [0.5, 0.6) is 17.2 Å². The summed E-state index contributed by atoms with van der Waals surface area (Å²) in [4.78, 5) is 26.2. The fraction of sp³-hybridized carbons (Fsp3) is 0.333. The molecule has 0 aromatic heterocycles. The molecule has 0 heterocycles. The SMILES string of the molecule is COc1ccc(NC(=O)CCN(C(C)=O)c2cc(C)ccc2OC)c(OC)c1. The number of ether oxygens (including phenoxy) is 3. The molecule has 0 bridgehead atoms. The minimum atomic E-state index is -0.235. The van der Waals surface area contributed by atoms with Crippen molar-refractivity contribution in [3.05, 3.63) is 42.0 Å². The summed E-state index contributed by atoms with van der Waals surface area (Å²) in [5.41, 5.74) is 2.18. The van der Waals surface area contributed by atoms with Crippen LogP contribution in [-0.4, -0.2) is 39.7 Å². The third kappa shape index (κ3) is 5.16. The third-order valence-electron chi connectivity index (χ3n) is 4.25. The van der Waals surface area contributed by atoms with Crippen molar-refractivity contribution in [2.24, 2.45) is 0 Å². The van der Waals surface area contributed by atoms with Gasteiger partial charge in [0.15, 0.2) is 0 Å². The van der Waals surface area contributed by atoms with Gasteiger partial charge in [-0.05, 0) is 36.8 Å². The van der Waals surface area contributed by atoms with Crippen LogP contribution in [0.3, 0.4) is 0 Å². The lowest BCUT2D eigenvalue weighted by molar-refractivity contribution is -0.117. The summed E-state index contributed by atoms with van der Waals surface area (Å²) >= 11 is 0. The van der Waals surface area contributed by atoms with Gasteiger partial charge >= 0.3 is 0 Å². The number of amides is 2. The highest BCUT2D eigenvalue weighted by atomic mass is 16.5. The van der Waals surface area contributed by atoms with Gasteiger partial charge in [0.05, 0.1) is 32.7 Å². The van der Waals surface area contributed by atoms with Crippen LogP contribution in [0.4, 0.5) is 11.4 Å². The third-order valence-corrected chi connectivity index (χ3v) is 4.25. The van der Waals surface area contributed by atoms with Crippen LogP contribution < -0.4 is 24.4 Å². The van der Waals surface area contributed by atoms with E-state index in [2.05, 4.69) is 5.32 Å². The number of carbonyl (C=O) groups excluding carboxylic acids is 2. The highest BCUT2D eigenvalue weighted by Crippen LogP contribution is 2.31. The molecule has 28 heavy (non-hydrogen) atoms. The van der Waals surface area contributed by atoms with Crippen molar-refractivity contribution in [1.29, 1.82) is 0 Å². The first-order valence-electron chi connectivity index (χ1n) is 8.84. The molecule has 0 atom stereocenters. The quantitative estimate of drug-likeness (QED) is 0.752. The van der Waals surface area contributed by atoms with E-state index in [0.717, 1.165) is 5.56 Å². The number of methoxy groups -OCH3 is 3. The molecule has 7 heteroatoms. The maximum atomic E-state index is 12.4. The molecule has 2 amide bonds. The van der Waals surface area contributed by atoms with Crippen LogP contribution in [0.25, 0.3) is 0 Å². The van der Waals surface area contributed by atoms with Gasteiger partial charge in [0.2, 0.25) is 11.8 Å². The van der Waals surface area contributed by atoms with Crippen LogP contribution in [0, 0.1) is 6.92 Å². The monoisotopic (exact) mass is 386 g/mol. The van der Waals surface area contributed by atoms with Crippen LogP contribution >= 0.6 is 0 Å². The van der Waals surface area contributed by atoms with Crippen molar-refractivity contribution in [2.45, 2.75) is 20.3 Å². The molecular formula is C21H26N2O5. The molecule has 2 aromatic carbocycles. The highest BCUT2D eigenvalue weighted by Gasteiger charge is 2.18. The standard InChI is InChI=1S/C21H26N2O5/c1-14-6-9-19(27-4)18(12-14)23(15(2)24)11-10-21(25)22-17-8-7-16(26-3)13-20(17)28-5/h6-9,12-13H,10-11H2,1-5H3,(H,22,25). The molecule has 2 rings (SSSR count). The number of benzene rings is 2. The lowest BCUT2D eigenvalue weighted by atomic mass is 10.1. The predicted octanol–water partition coefficient (Wildman–Crippen LogP) is 3.40. The molecule has 0 spiro atoms. The van der Waals surface area contributed by atoms with E-state index in [1.807, 2.05) is 25.1 Å². The number of nitrogens with one attached hydrogen (secondary N) is 1. The second kappa shape index (κ2) is 9.64. The van der Waals surface area contributed by atoms with Gasteiger partial charge in [0.25, 0.3) is 0 Å². The summed E-state index contributed by atoms with van der Waals surface area (Å²) in [5, 5.41) is 2.81. The molecule has 0 saturated carbocycles. The van der Waals surface area contributed by atoms with E-state index in [0.29, 0.717) is 28.6 Å². The van der Waals surface area contributed by atoms with Gasteiger partial charge in [-0.1, -0.05) is 6.07 Å². The van der Waals surface area contributed by atoms with Crippen molar-refractivity contribution in [1.82, 2.24) is 0 Å². The highest BCUT2D eigenvalue weighted by molar-refractivity contribution is 5.96. The molecular weight excluding hydrogens is 360 g/mol. The van der Waals surface area contributed by atoms with Crippen LogP contribution in [-0.2, 0) is 9.59 Å². The van der Waals surface area contributed by atoms with E-state index < -0.39 is 0 Å². The van der Waals surface area contributed by atoms with Crippen LogP contribution in [0.2, 0.25) is 0 Å². The van der Waals surface area contributed by atoms with Crippen molar-refractivity contribution in [3.8, 4) is 17.2 Å². The molecule has 0 aliphatic heterocycles. The molecule has 0 aliphatic rings. The first kappa shape index (κ1) is 21.1. The van der Waals surface area contributed by atoms with Crippen molar-refractivity contribution >= 4 is 23.2 Å². The van der Waals surface area contributed by atoms with Gasteiger partial charge < -0.3 is 24.4 Å². The Labute approximate surface area is 165 Å². The lowest BCUT2D eigenvalue weighted by Gasteiger charge is -2.23. The average molecular weight is 386 g/mol. The smallest absolute Gasteiger partial charge is 0.226 e.